The van der Waals surface area contributed by atoms with Gasteiger partial charge in [-0.05, 0) is 12.3 Å². The molecule has 1 atom stereocenters. The van der Waals surface area contributed by atoms with Crippen LogP contribution in [0.25, 0.3) is 0 Å². The zero-order valence-electron chi connectivity index (χ0n) is 6.04. The lowest BCUT2D eigenvalue weighted by molar-refractivity contribution is 0.272. The quantitative estimate of drug-likeness (QED) is 0.547. The Morgan fingerprint density at radius 2 is 2.00 bits per heavy atom. The van der Waals surface area contributed by atoms with E-state index in [1.807, 2.05) is 13.8 Å². The van der Waals surface area contributed by atoms with Crippen LogP contribution in [0.15, 0.2) is 24.9 Å². The molecule has 3 N–H and O–H groups in total. The highest BCUT2D eigenvalue weighted by atomic mass is 16.3. The number of rotatable bonds is 2. The van der Waals surface area contributed by atoms with Crippen molar-refractivity contribution in [2.24, 2.45) is 5.73 Å². The summed E-state index contributed by atoms with van der Waals surface area (Å²) in [5, 5.41) is 8.57. The maximum absolute atomic E-state index is 8.57. The molecular formula is C7H15NO. The van der Waals surface area contributed by atoms with Gasteiger partial charge in [-0.3, -0.25) is 0 Å². The fraction of sp³-hybridized carbons (Fsp3) is 0.429. The average Bonchev–Trinajstić information content (AvgIpc) is 1.93. The summed E-state index contributed by atoms with van der Waals surface area (Å²) in [4.78, 5) is 0. The van der Waals surface area contributed by atoms with Crippen LogP contribution in [0, 0.1) is 0 Å². The Kier molecular flexibility index (Phi) is 12.7. The van der Waals surface area contributed by atoms with Gasteiger partial charge in [-0.15, -0.1) is 6.58 Å². The Bertz CT molecular complexity index is 79.0. The molecule has 2 heteroatoms. The summed E-state index contributed by atoms with van der Waals surface area (Å²) in [6.45, 7) is 7.32. The van der Waals surface area contributed by atoms with Gasteiger partial charge in [-0.25, -0.2) is 0 Å². The van der Waals surface area contributed by atoms with Crippen LogP contribution < -0.4 is 5.73 Å². The van der Waals surface area contributed by atoms with Crippen LogP contribution in [0.3, 0.4) is 0 Å². The van der Waals surface area contributed by atoms with Crippen molar-refractivity contribution in [3.05, 3.63) is 24.9 Å². The van der Waals surface area contributed by atoms with Gasteiger partial charge in [0.1, 0.15) is 0 Å². The molecule has 0 aliphatic rings. The van der Waals surface area contributed by atoms with Crippen molar-refractivity contribution in [3.8, 4) is 0 Å². The highest BCUT2D eigenvalue weighted by Crippen LogP contribution is 1.81. The summed E-state index contributed by atoms with van der Waals surface area (Å²) in [5.41, 5.74) is 4.92. The number of aliphatic hydroxyl groups is 1. The van der Waals surface area contributed by atoms with E-state index < -0.39 is 6.10 Å². The third-order valence-corrected chi connectivity index (χ3v) is 0.550. The van der Waals surface area contributed by atoms with Crippen LogP contribution in [0.1, 0.15) is 13.8 Å². The monoisotopic (exact) mass is 129 g/mol. The molecular weight excluding hydrogens is 114 g/mol. The minimum Gasteiger partial charge on any atom is -0.405 e. The molecule has 0 spiro atoms. The van der Waals surface area contributed by atoms with Crippen molar-refractivity contribution in [2.45, 2.75) is 20.0 Å². The second-order valence-corrected chi connectivity index (χ2v) is 1.11. The van der Waals surface area contributed by atoms with E-state index in [-0.39, 0.29) is 0 Å². The standard InChI is InChI=1S/C5H9NO.C2H6/c1-2-5(7)3-4-6;1-2/h2-5,7H,1,6H2;1-2H3/b4-3-;. The summed E-state index contributed by atoms with van der Waals surface area (Å²) < 4.78 is 0. The van der Waals surface area contributed by atoms with Gasteiger partial charge in [0, 0.05) is 0 Å². The second kappa shape index (κ2) is 10.3. The summed E-state index contributed by atoms with van der Waals surface area (Å²) in [6.07, 6.45) is 3.52. The van der Waals surface area contributed by atoms with Crippen LogP contribution in [-0.2, 0) is 0 Å². The summed E-state index contributed by atoms with van der Waals surface area (Å²) in [7, 11) is 0. The first-order valence-corrected chi connectivity index (χ1v) is 3.00. The average molecular weight is 129 g/mol. The summed E-state index contributed by atoms with van der Waals surface area (Å²) in [6, 6.07) is 0. The van der Waals surface area contributed by atoms with Crippen molar-refractivity contribution < 1.29 is 5.11 Å². The number of aliphatic hydroxyl groups excluding tert-OH is 1. The highest BCUT2D eigenvalue weighted by Gasteiger charge is 1.83. The Morgan fingerprint density at radius 3 is 2.11 bits per heavy atom. The topological polar surface area (TPSA) is 46.2 Å². The molecule has 0 heterocycles. The number of nitrogens with two attached hydrogens (primary N) is 1. The molecule has 0 saturated heterocycles. The molecule has 0 aromatic heterocycles. The van der Waals surface area contributed by atoms with Crippen molar-refractivity contribution in [2.75, 3.05) is 0 Å². The molecule has 9 heavy (non-hydrogen) atoms. The molecule has 0 radical (unpaired) electrons. The largest absolute Gasteiger partial charge is 0.405 e. The smallest absolute Gasteiger partial charge is 0.0916 e. The molecule has 0 rings (SSSR count). The predicted molar refractivity (Wildman–Crippen MR) is 40.9 cm³/mol. The van der Waals surface area contributed by atoms with Gasteiger partial charge in [0.25, 0.3) is 0 Å². The zero-order valence-corrected chi connectivity index (χ0v) is 6.04. The molecule has 0 fully saturated rings. The van der Waals surface area contributed by atoms with Crippen molar-refractivity contribution >= 4 is 0 Å². The SMILES string of the molecule is C=CC(O)/C=C\N.CC. The molecule has 0 aromatic carbocycles. The number of hydrogen-bond donors (Lipinski definition) is 2. The molecule has 1 unspecified atom stereocenters. The summed E-state index contributed by atoms with van der Waals surface area (Å²) in [5.74, 6) is 0. The molecule has 0 bridgehead atoms. The van der Waals surface area contributed by atoms with Gasteiger partial charge in [0.2, 0.25) is 0 Å². The van der Waals surface area contributed by atoms with E-state index in [2.05, 4.69) is 6.58 Å². The zero-order chi connectivity index (χ0) is 7.70. The van der Waals surface area contributed by atoms with Crippen molar-refractivity contribution in [1.29, 1.82) is 0 Å². The first kappa shape index (κ1) is 11.1. The molecule has 0 aliphatic heterocycles. The van der Waals surface area contributed by atoms with E-state index in [0.717, 1.165) is 0 Å². The number of hydrogen-bond acceptors (Lipinski definition) is 2. The lowest BCUT2D eigenvalue weighted by Gasteiger charge is -1.90. The lowest BCUT2D eigenvalue weighted by Crippen LogP contribution is -1.95. The molecule has 0 amide bonds. The molecule has 0 aliphatic carbocycles. The normalized spacial score (nSPS) is 11.9. The van der Waals surface area contributed by atoms with Gasteiger partial charge >= 0.3 is 0 Å². The molecule has 0 aromatic rings. The Morgan fingerprint density at radius 1 is 1.56 bits per heavy atom. The van der Waals surface area contributed by atoms with E-state index in [4.69, 9.17) is 10.8 Å². The maximum Gasteiger partial charge on any atom is 0.0916 e. The fourth-order valence-electron chi connectivity index (χ4n) is 0.192. The fourth-order valence-corrected chi connectivity index (χ4v) is 0.192. The van der Waals surface area contributed by atoms with E-state index in [1.165, 1.54) is 18.4 Å². The summed E-state index contributed by atoms with van der Waals surface area (Å²) >= 11 is 0. The second-order valence-electron chi connectivity index (χ2n) is 1.11. The third kappa shape index (κ3) is 11.1. The van der Waals surface area contributed by atoms with Gasteiger partial charge in [0.15, 0.2) is 0 Å². The van der Waals surface area contributed by atoms with Crippen molar-refractivity contribution in [3.63, 3.8) is 0 Å². The molecule has 0 saturated carbocycles. The van der Waals surface area contributed by atoms with Gasteiger partial charge in [0.05, 0.1) is 6.10 Å². The third-order valence-electron chi connectivity index (χ3n) is 0.550. The van der Waals surface area contributed by atoms with Crippen LogP contribution in [0.2, 0.25) is 0 Å². The van der Waals surface area contributed by atoms with Crippen LogP contribution in [-0.4, -0.2) is 11.2 Å². The Labute approximate surface area is 56.7 Å². The minimum atomic E-state index is -0.593. The van der Waals surface area contributed by atoms with Crippen molar-refractivity contribution in [1.82, 2.24) is 0 Å². The van der Waals surface area contributed by atoms with Crippen LogP contribution >= 0.6 is 0 Å². The van der Waals surface area contributed by atoms with Crippen LogP contribution in [0.4, 0.5) is 0 Å². The first-order chi connectivity index (χ1) is 4.31. The Balaban J connectivity index is 0. The molecule has 2 nitrogen and oxygen atoms in total. The minimum absolute atomic E-state index is 0.593. The highest BCUT2D eigenvalue weighted by molar-refractivity contribution is 4.95. The lowest BCUT2D eigenvalue weighted by atomic mass is 10.3. The van der Waals surface area contributed by atoms with E-state index >= 15 is 0 Å². The van der Waals surface area contributed by atoms with E-state index in [0.29, 0.717) is 0 Å². The Hall–Kier alpha value is -0.760. The van der Waals surface area contributed by atoms with Crippen LogP contribution in [0.5, 0.6) is 0 Å². The van der Waals surface area contributed by atoms with Gasteiger partial charge in [-0.1, -0.05) is 19.9 Å². The predicted octanol–water partition coefficient (Wildman–Crippen LogP) is 1.03. The van der Waals surface area contributed by atoms with E-state index in [9.17, 15) is 0 Å². The molecule has 54 valence electrons. The first-order valence-electron chi connectivity index (χ1n) is 3.00. The van der Waals surface area contributed by atoms with E-state index in [1.54, 1.807) is 0 Å². The maximum atomic E-state index is 8.57. The van der Waals surface area contributed by atoms with Gasteiger partial charge < -0.3 is 10.8 Å². The van der Waals surface area contributed by atoms with Gasteiger partial charge in [-0.2, -0.15) is 0 Å².